The lowest BCUT2D eigenvalue weighted by Gasteiger charge is -2.04. The zero-order chi connectivity index (χ0) is 11.5. The van der Waals surface area contributed by atoms with Gasteiger partial charge in [0.15, 0.2) is 5.78 Å². The van der Waals surface area contributed by atoms with Crippen molar-refractivity contribution in [1.29, 1.82) is 0 Å². The molecule has 4 heteroatoms. The van der Waals surface area contributed by atoms with Gasteiger partial charge in [0.2, 0.25) is 0 Å². The van der Waals surface area contributed by atoms with Crippen LogP contribution in [0.4, 0.5) is 0 Å². The predicted octanol–water partition coefficient (Wildman–Crippen LogP) is 2.60. The van der Waals surface area contributed by atoms with Gasteiger partial charge in [-0.15, -0.1) is 11.6 Å². The molecule has 0 aliphatic carbocycles. The van der Waals surface area contributed by atoms with E-state index in [-0.39, 0.29) is 11.7 Å². The maximum absolute atomic E-state index is 11.5. The maximum Gasteiger partial charge on any atom is 0.197 e. The van der Waals surface area contributed by atoms with Gasteiger partial charge in [-0.1, -0.05) is 18.2 Å². The van der Waals surface area contributed by atoms with Crippen LogP contribution < -0.4 is 0 Å². The van der Waals surface area contributed by atoms with E-state index in [0.717, 1.165) is 11.4 Å². The molecule has 0 unspecified atom stereocenters. The van der Waals surface area contributed by atoms with Gasteiger partial charge in [0.25, 0.3) is 0 Å². The number of carbonyl (C=O) groups is 1. The Morgan fingerprint density at radius 1 is 1.38 bits per heavy atom. The zero-order valence-corrected chi connectivity index (χ0v) is 9.61. The summed E-state index contributed by atoms with van der Waals surface area (Å²) < 4.78 is 1.87. The Balaban J connectivity index is 2.45. The van der Waals surface area contributed by atoms with Crippen LogP contribution in [0.25, 0.3) is 5.69 Å². The van der Waals surface area contributed by atoms with Crippen LogP contribution in [0.15, 0.2) is 36.7 Å². The molecule has 0 fully saturated rings. The molecule has 0 amide bonds. The normalized spacial score (nSPS) is 10.4. The highest BCUT2D eigenvalue weighted by Crippen LogP contribution is 2.14. The Labute approximate surface area is 98.7 Å². The highest BCUT2D eigenvalue weighted by atomic mass is 35.5. The number of Topliss-reactive ketones (excluding diaryl/α,β-unsaturated/α-hetero) is 1. The molecule has 3 nitrogen and oxygen atoms in total. The number of carbonyl (C=O) groups excluding carboxylic acids is 1. The molecule has 1 heterocycles. The molecular weight excluding hydrogens is 224 g/mol. The van der Waals surface area contributed by atoms with E-state index in [0.29, 0.717) is 5.69 Å². The summed E-state index contributed by atoms with van der Waals surface area (Å²) in [7, 11) is 0. The first-order valence-corrected chi connectivity index (χ1v) is 5.46. The van der Waals surface area contributed by atoms with Gasteiger partial charge < -0.3 is 4.57 Å². The fourth-order valence-electron chi connectivity index (χ4n) is 1.60. The Kier molecular flexibility index (Phi) is 3.06. The van der Waals surface area contributed by atoms with E-state index in [1.807, 2.05) is 41.8 Å². The smallest absolute Gasteiger partial charge is 0.197 e. The number of nitrogens with zero attached hydrogens (tertiary/aromatic N) is 2. The minimum Gasteiger partial charge on any atom is -0.303 e. The lowest BCUT2D eigenvalue weighted by Crippen LogP contribution is -2.04. The van der Waals surface area contributed by atoms with Gasteiger partial charge >= 0.3 is 0 Å². The van der Waals surface area contributed by atoms with Gasteiger partial charge in [-0.3, -0.25) is 4.79 Å². The van der Waals surface area contributed by atoms with Gasteiger partial charge in [-0.2, -0.15) is 0 Å². The molecule has 0 aliphatic rings. The SMILES string of the molecule is Cc1c(C(=O)CCl)ncn1-c1ccccc1. The first-order valence-electron chi connectivity index (χ1n) is 4.92. The van der Waals surface area contributed by atoms with E-state index in [4.69, 9.17) is 11.6 Å². The third kappa shape index (κ3) is 1.86. The molecule has 0 bridgehead atoms. The molecule has 0 N–H and O–H groups in total. The number of ketones is 1. The van der Waals surface area contributed by atoms with E-state index < -0.39 is 0 Å². The third-order valence-electron chi connectivity index (χ3n) is 2.43. The van der Waals surface area contributed by atoms with Crippen LogP contribution in [-0.4, -0.2) is 21.2 Å². The van der Waals surface area contributed by atoms with Crippen molar-refractivity contribution in [3.05, 3.63) is 48.0 Å². The summed E-state index contributed by atoms with van der Waals surface area (Å²) in [5.41, 5.74) is 2.25. The van der Waals surface area contributed by atoms with Crippen LogP contribution in [-0.2, 0) is 0 Å². The monoisotopic (exact) mass is 234 g/mol. The molecule has 16 heavy (non-hydrogen) atoms. The molecule has 0 atom stereocenters. The van der Waals surface area contributed by atoms with Gasteiger partial charge in [-0.25, -0.2) is 4.98 Å². The van der Waals surface area contributed by atoms with Crippen LogP contribution in [0.5, 0.6) is 0 Å². The molecule has 1 aromatic carbocycles. The van der Waals surface area contributed by atoms with Crippen LogP contribution >= 0.6 is 11.6 Å². The molecule has 0 spiro atoms. The summed E-state index contributed by atoms with van der Waals surface area (Å²) in [5.74, 6) is -0.180. The minimum absolute atomic E-state index is 0.0351. The molecule has 2 aromatic rings. The minimum atomic E-state index is -0.145. The molecule has 82 valence electrons. The molecule has 0 saturated heterocycles. The maximum atomic E-state index is 11.5. The summed E-state index contributed by atoms with van der Waals surface area (Å²) in [5, 5.41) is 0. The summed E-state index contributed by atoms with van der Waals surface area (Å²) in [6.45, 7) is 1.86. The summed E-state index contributed by atoms with van der Waals surface area (Å²) in [6.07, 6.45) is 1.64. The number of alkyl halides is 1. The number of hydrogen-bond acceptors (Lipinski definition) is 2. The Morgan fingerprint density at radius 2 is 2.06 bits per heavy atom. The first-order chi connectivity index (χ1) is 7.74. The van der Waals surface area contributed by atoms with Crippen molar-refractivity contribution in [3.8, 4) is 5.69 Å². The number of halogens is 1. The van der Waals surface area contributed by atoms with Crippen molar-refractivity contribution in [2.75, 3.05) is 5.88 Å². The van der Waals surface area contributed by atoms with Crippen molar-refractivity contribution >= 4 is 17.4 Å². The third-order valence-corrected chi connectivity index (χ3v) is 2.67. The van der Waals surface area contributed by atoms with E-state index in [9.17, 15) is 4.79 Å². The fourth-order valence-corrected chi connectivity index (χ4v) is 1.72. The highest BCUT2D eigenvalue weighted by Gasteiger charge is 2.13. The Bertz CT molecular complexity index is 505. The number of para-hydroxylation sites is 1. The summed E-state index contributed by atoms with van der Waals surface area (Å²) >= 11 is 5.51. The topological polar surface area (TPSA) is 34.9 Å². The number of benzene rings is 1. The zero-order valence-electron chi connectivity index (χ0n) is 8.85. The van der Waals surface area contributed by atoms with E-state index in [2.05, 4.69) is 4.98 Å². The van der Waals surface area contributed by atoms with E-state index >= 15 is 0 Å². The second-order valence-electron chi connectivity index (χ2n) is 3.44. The highest BCUT2D eigenvalue weighted by molar-refractivity contribution is 6.30. The van der Waals surface area contributed by atoms with E-state index in [1.165, 1.54) is 0 Å². The van der Waals surface area contributed by atoms with Crippen molar-refractivity contribution in [2.45, 2.75) is 6.92 Å². The number of imidazole rings is 1. The molecule has 0 radical (unpaired) electrons. The predicted molar refractivity (Wildman–Crippen MR) is 63.4 cm³/mol. The Morgan fingerprint density at radius 3 is 2.69 bits per heavy atom. The van der Waals surface area contributed by atoms with Crippen molar-refractivity contribution in [3.63, 3.8) is 0 Å². The molecule has 0 saturated carbocycles. The average molecular weight is 235 g/mol. The lowest BCUT2D eigenvalue weighted by molar-refractivity contribution is 0.101. The number of aromatic nitrogens is 2. The van der Waals surface area contributed by atoms with Crippen molar-refractivity contribution in [2.24, 2.45) is 0 Å². The fraction of sp³-hybridized carbons (Fsp3) is 0.167. The molecule has 2 rings (SSSR count). The quantitative estimate of drug-likeness (QED) is 0.605. The number of rotatable bonds is 3. The molecular formula is C12H11ClN2O. The van der Waals surface area contributed by atoms with Crippen molar-refractivity contribution in [1.82, 2.24) is 9.55 Å². The van der Waals surface area contributed by atoms with Crippen LogP contribution in [0.2, 0.25) is 0 Å². The first kappa shape index (κ1) is 10.9. The summed E-state index contributed by atoms with van der Waals surface area (Å²) in [6, 6.07) is 9.75. The van der Waals surface area contributed by atoms with E-state index in [1.54, 1.807) is 6.33 Å². The second kappa shape index (κ2) is 4.49. The standard InChI is InChI=1S/C12H11ClN2O/c1-9-12(11(16)7-13)14-8-15(9)10-5-3-2-4-6-10/h2-6,8H,7H2,1H3. The molecule has 1 aromatic heterocycles. The largest absolute Gasteiger partial charge is 0.303 e. The van der Waals surface area contributed by atoms with Gasteiger partial charge in [0.05, 0.1) is 11.6 Å². The summed E-state index contributed by atoms with van der Waals surface area (Å²) in [4.78, 5) is 15.6. The van der Waals surface area contributed by atoms with Gasteiger partial charge in [0, 0.05) is 5.69 Å². The van der Waals surface area contributed by atoms with Gasteiger partial charge in [0.1, 0.15) is 12.0 Å². The van der Waals surface area contributed by atoms with Gasteiger partial charge in [-0.05, 0) is 19.1 Å². The lowest BCUT2D eigenvalue weighted by atomic mass is 10.2. The number of hydrogen-bond donors (Lipinski definition) is 0. The van der Waals surface area contributed by atoms with Crippen LogP contribution in [0, 0.1) is 6.92 Å². The van der Waals surface area contributed by atoms with Crippen molar-refractivity contribution < 1.29 is 4.79 Å². The van der Waals surface area contributed by atoms with Crippen LogP contribution in [0.3, 0.4) is 0 Å². The molecule has 0 aliphatic heterocycles. The second-order valence-corrected chi connectivity index (χ2v) is 3.71. The Hall–Kier alpha value is -1.61. The van der Waals surface area contributed by atoms with Crippen LogP contribution in [0.1, 0.15) is 16.2 Å². The average Bonchev–Trinajstić information content (AvgIpc) is 2.71.